The number of pyridine rings is 1. The van der Waals surface area contributed by atoms with Crippen LogP contribution >= 0.6 is 0 Å². The number of rotatable bonds is 7. The number of hydrogen-bond acceptors (Lipinski definition) is 5. The fourth-order valence-electron chi connectivity index (χ4n) is 3.76. The Morgan fingerprint density at radius 3 is 2.65 bits per heavy atom. The molecule has 0 bridgehead atoms. The molecule has 160 valence electrons. The van der Waals surface area contributed by atoms with Crippen molar-refractivity contribution in [1.29, 1.82) is 0 Å². The standard InChI is InChI=1S/C25H28N4O2/c1-18(2)28(16-20-6-4-12-26-15-20)17-25(30)29-23(24-7-5-13-31-24)14-22(27-29)21-10-8-19(3)9-11-21/h4-13,15,18,23H,14,16-17H2,1-3H3. The molecule has 0 radical (unpaired) electrons. The summed E-state index contributed by atoms with van der Waals surface area (Å²) in [5.74, 6) is 0.712. The van der Waals surface area contributed by atoms with Crippen LogP contribution in [-0.2, 0) is 11.3 Å². The average molecular weight is 417 g/mol. The van der Waals surface area contributed by atoms with E-state index in [2.05, 4.69) is 54.9 Å². The van der Waals surface area contributed by atoms with Gasteiger partial charge in [0.05, 0.1) is 18.5 Å². The summed E-state index contributed by atoms with van der Waals surface area (Å²) in [6.07, 6.45) is 5.88. The van der Waals surface area contributed by atoms with Crippen molar-refractivity contribution in [2.75, 3.05) is 6.54 Å². The predicted molar refractivity (Wildman–Crippen MR) is 120 cm³/mol. The normalized spacial score (nSPS) is 16.2. The first kappa shape index (κ1) is 21.0. The van der Waals surface area contributed by atoms with E-state index >= 15 is 0 Å². The van der Waals surface area contributed by atoms with E-state index in [4.69, 9.17) is 9.52 Å². The second-order valence-corrected chi connectivity index (χ2v) is 8.25. The van der Waals surface area contributed by atoms with Gasteiger partial charge in [-0.1, -0.05) is 35.9 Å². The van der Waals surface area contributed by atoms with Crippen LogP contribution in [0.25, 0.3) is 0 Å². The molecule has 0 saturated heterocycles. The summed E-state index contributed by atoms with van der Waals surface area (Å²) in [7, 11) is 0. The Hall–Kier alpha value is -3.25. The first-order valence-corrected chi connectivity index (χ1v) is 10.6. The van der Waals surface area contributed by atoms with E-state index in [9.17, 15) is 4.79 Å². The zero-order valence-corrected chi connectivity index (χ0v) is 18.2. The molecule has 6 nitrogen and oxygen atoms in total. The predicted octanol–water partition coefficient (Wildman–Crippen LogP) is 4.57. The van der Waals surface area contributed by atoms with Gasteiger partial charge < -0.3 is 4.42 Å². The Balaban J connectivity index is 1.57. The summed E-state index contributed by atoms with van der Waals surface area (Å²) in [5, 5.41) is 6.35. The third-order valence-electron chi connectivity index (χ3n) is 5.60. The first-order valence-electron chi connectivity index (χ1n) is 10.6. The molecule has 0 N–H and O–H groups in total. The average Bonchev–Trinajstić information content (AvgIpc) is 3.44. The van der Waals surface area contributed by atoms with E-state index in [-0.39, 0.29) is 24.5 Å². The molecule has 2 aromatic heterocycles. The molecular weight excluding hydrogens is 388 g/mol. The maximum Gasteiger partial charge on any atom is 0.257 e. The van der Waals surface area contributed by atoms with Gasteiger partial charge in [0.1, 0.15) is 11.8 Å². The molecule has 3 heterocycles. The molecule has 0 aliphatic carbocycles. The van der Waals surface area contributed by atoms with Crippen molar-refractivity contribution in [2.45, 2.75) is 45.8 Å². The summed E-state index contributed by atoms with van der Waals surface area (Å²) in [6.45, 7) is 7.18. The number of amides is 1. The van der Waals surface area contributed by atoms with Crippen LogP contribution in [0.15, 0.2) is 76.7 Å². The Morgan fingerprint density at radius 1 is 1.19 bits per heavy atom. The van der Waals surface area contributed by atoms with E-state index in [1.54, 1.807) is 17.5 Å². The maximum absolute atomic E-state index is 13.4. The summed E-state index contributed by atoms with van der Waals surface area (Å²) in [5.41, 5.74) is 4.21. The van der Waals surface area contributed by atoms with Crippen LogP contribution in [-0.4, -0.2) is 39.1 Å². The minimum atomic E-state index is -0.230. The molecule has 1 unspecified atom stereocenters. The van der Waals surface area contributed by atoms with Gasteiger partial charge in [-0.3, -0.25) is 14.7 Å². The summed E-state index contributed by atoms with van der Waals surface area (Å²) >= 11 is 0. The van der Waals surface area contributed by atoms with Crippen molar-refractivity contribution in [3.63, 3.8) is 0 Å². The van der Waals surface area contributed by atoms with Gasteiger partial charge in [0, 0.05) is 31.4 Å². The lowest BCUT2D eigenvalue weighted by Gasteiger charge is -2.28. The van der Waals surface area contributed by atoms with Crippen molar-refractivity contribution in [1.82, 2.24) is 14.9 Å². The van der Waals surface area contributed by atoms with Gasteiger partial charge >= 0.3 is 0 Å². The summed E-state index contributed by atoms with van der Waals surface area (Å²) in [6, 6.07) is 15.9. The van der Waals surface area contributed by atoms with Gasteiger partial charge in [-0.05, 0) is 50.1 Å². The summed E-state index contributed by atoms with van der Waals surface area (Å²) in [4.78, 5) is 19.7. The molecule has 3 aromatic rings. The fourth-order valence-corrected chi connectivity index (χ4v) is 3.76. The van der Waals surface area contributed by atoms with Gasteiger partial charge in [-0.15, -0.1) is 0 Å². The fraction of sp³-hybridized carbons (Fsp3) is 0.320. The highest BCUT2D eigenvalue weighted by atomic mass is 16.3. The number of nitrogens with zero attached hydrogens (tertiary/aromatic N) is 4. The second-order valence-electron chi connectivity index (χ2n) is 8.25. The second kappa shape index (κ2) is 9.27. The molecule has 6 heteroatoms. The van der Waals surface area contributed by atoms with E-state index in [0.29, 0.717) is 13.0 Å². The Bertz CT molecular complexity index is 1030. The number of carbonyl (C=O) groups is 1. The van der Waals surface area contributed by atoms with Crippen LogP contribution in [0.5, 0.6) is 0 Å². The first-order chi connectivity index (χ1) is 15.0. The number of furan rings is 1. The molecular formula is C25H28N4O2. The minimum absolute atomic E-state index is 0.0406. The van der Waals surface area contributed by atoms with Gasteiger partial charge in [0.25, 0.3) is 5.91 Å². The number of hydrazone groups is 1. The van der Waals surface area contributed by atoms with E-state index < -0.39 is 0 Å². The highest BCUT2D eigenvalue weighted by Crippen LogP contribution is 2.33. The molecule has 1 atom stereocenters. The van der Waals surface area contributed by atoms with Gasteiger partial charge in [-0.2, -0.15) is 5.10 Å². The lowest BCUT2D eigenvalue weighted by molar-refractivity contribution is -0.135. The van der Waals surface area contributed by atoms with Gasteiger partial charge in [-0.25, -0.2) is 5.01 Å². The van der Waals surface area contributed by atoms with Crippen molar-refractivity contribution >= 4 is 11.6 Å². The molecule has 4 rings (SSSR count). The summed E-state index contributed by atoms with van der Waals surface area (Å²) < 4.78 is 5.66. The SMILES string of the molecule is Cc1ccc(C2=NN(C(=O)CN(Cc3cccnc3)C(C)C)C(c3ccco3)C2)cc1. The quantitative estimate of drug-likeness (QED) is 0.566. The number of benzene rings is 1. The zero-order chi connectivity index (χ0) is 21.8. The highest BCUT2D eigenvalue weighted by molar-refractivity contribution is 6.03. The van der Waals surface area contributed by atoms with Crippen LogP contribution in [0, 0.1) is 6.92 Å². The smallest absolute Gasteiger partial charge is 0.257 e. The lowest BCUT2D eigenvalue weighted by Crippen LogP contribution is -2.41. The third-order valence-corrected chi connectivity index (χ3v) is 5.60. The van der Waals surface area contributed by atoms with Crippen LogP contribution in [0.4, 0.5) is 0 Å². The molecule has 31 heavy (non-hydrogen) atoms. The molecule has 1 aliphatic rings. The van der Waals surface area contributed by atoms with Crippen LogP contribution in [0.1, 0.15) is 48.8 Å². The van der Waals surface area contributed by atoms with Gasteiger partial charge in [0.15, 0.2) is 0 Å². The van der Waals surface area contributed by atoms with Crippen molar-refractivity contribution in [3.8, 4) is 0 Å². The van der Waals surface area contributed by atoms with Crippen LogP contribution in [0.2, 0.25) is 0 Å². The molecule has 1 aromatic carbocycles. The van der Waals surface area contributed by atoms with Crippen molar-refractivity contribution in [3.05, 3.63) is 89.6 Å². The van der Waals surface area contributed by atoms with E-state index in [1.165, 1.54) is 5.56 Å². The van der Waals surface area contributed by atoms with Crippen LogP contribution < -0.4 is 0 Å². The number of aryl methyl sites for hydroxylation is 1. The monoisotopic (exact) mass is 416 g/mol. The number of aromatic nitrogens is 1. The molecule has 0 fully saturated rings. The van der Waals surface area contributed by atoms with Crippen molar-refractivity contribution in [2.24, 2.45) is 5.10 Å². The van der Waals surface area contributed by atoms with Gasteiger partial charge in [0.2, 0.25) is 0 Å². The zero-order valence-electron chi connectivity index (χ0n) is 18.2. The number of hydrogen-bond donors (Lipinski definition) is 0. The topological polar surface area (TPSA) is 61.9 Å². The van der Waals surface area contributed by atoms with E-state index in [0.717, 1.165) is 22.6 Å². The van der Waals surface area contributed by atoms with Crippen LogP contribution in [0.3, 0.4) is 0 Å². The Kier molecular flexibility index (Phi) is 6.28. The Morgan fingerprint density at radius 2 is 2.00 bits per heavy atom. The molecule has 0 spiro atoms. The number of carbonyl (C=O) groups excluding carboxylic acids is 1. The maximum atomic E-state index is 13.4. The lowest BCUT2D eigenvalue weighted by atomic mass is 10.0. The molecule has 1 amide bonds. The minimum Gasteiger partial charge on any atom is -0.467 e. The van der Waals surface area contributed by atoms with Crippen molar-refractivity contribution < 1.29 is 9.21 Å². The highest BCUT2D eigenvalue weighted by Gasteiger charge is 2.35. The largest absolute Gasteiger partial charge is 0.467 e. The van der Waals surface area contributed by atoms with E-state index in [1.807, 2.05) is 30.5 Å². The molecule has 0 saturated carbocycles. The Labute approximate surface area is 183 Å². The third kappa shape index (κ3) is 4.91. The molecule has 1 aliphatic heterocycles.